The van der Waals surface area contributed by atoms with Crippen LogP contribution in [0.2, 0.25) is 0 Å². The average Bonchev–Trinajstić information content (AvgIpc) is 3.07. The summed E-state index contributed by atoms with van der Waals surface area (Å²) in [6.45, 7) is 0. The average molecular weight is 229 g/mol. The third kappa shape index (κ3) is 0.935. The van der Waals surface area contributed by atoms with Crippen molar-refractivity contribution in [1.29, 1.82) is 0 Å². The van der Waals surface area contributed by atoms with E-state index in [2.05, 4.69) is 0 Å². The van der Waals surface area contributed by atoms with Crippen LogP contribution in [0.5, 0.6) is 11.5 Å². The molecule has 2 aromatic carbocycles. The maximum atomic E-state index is 11.9. The predicted octanol–water partition coefficient (Wildman–Crippen LogP) is 4.43. The normalized spacial score (nSPS) is 13.6. The van der Waals surface area contributed by atoms with Crippen LogP contribution in [0.15, 0.2) is 40.6 Å². The zero-order chi connectivity index (χ0) is 10.7. The minimum Gasteiger partial charge on any atom is -0.444 e. The van der Waals surface area contributed by atoms with Crippen LogP contribution < -0.4 is 4.74 Å². The van der Waals surface area contributed by atoms with Crippen molar-refractivity contribution < 1.29 is 13.5 Å². The predicted molar refractivity (Wildman–Crippen MR) is 61.4 cm³/mol. The Hall–Kier alpha value is -1.86. The van der Waals surface area contributed by atoms with Gasteiger partial charge in [-0.25, -0.2) is 4.20 Å². The number of hydrogen-bond acceptors (Lipinski definition) is 3. The monoisotopic (exact) mass is 229 g/mol. The standard InChI is InChI=1S/C12H6O3P/c13-16-12-8(5-6-10-11(12)14-10)7-3-1-2-4-9(7)15-16/h1-6H/q+1. The molecule has 1 unspecified atom stereocenters. The molecule has 1 aliphatic rings. The third-order valence-electron chi connectivity index (χ3n) is 2.81. The number of hydrogen-bond donors (Lipinski definition) is 0. The fourth-order valence-corrected chi connectivity index (χ4v) is 3.16. The van der Waals surface area contributed by atoms with Crippen LogP contribution in [0.3, 0.4) is 0 Å². The van der Waals surface area contributed by atoms with E-state index in [-0.39, 0.29) is 0 Å². The van der Waals surface area contributed by atoms with E-state index in [1.54, 1.807) is 0 Å². The van der Waals surface area contributed by atoms with E-state index in [9.17, 15) is 4.57 Å². The topological polar surface area (TPSA) is 42.7 Å². The molecule has 3 nitrogen and oxygen atoms in total. The smallest absolute Gasteiger partial charge is 0.444 e. The first-order valence-electron chi connectivity index (χ1n) is 4.94. The van der Waals surface area contributed by atoms with Gasteiger partial charge in [-0.05, 0) is 22.8 Å². The zero-order valence-corrected chi connectivity index (χ0v) is 9.03. The summed E-state index contributed by atoms with van der Waals surface area (Å²) in [5.74, 6) is 1.54. The highest BCUT2D eigenvalue weighted by Gasteiger charge is 2.33. The molecule has 0 saturated carbocycles. The van der Waals surface area contributed by atoms with E-state index >= 15 is 0 Å². The first-order valence-corrected chi connectivity index (χ1v) is 6.12. The SMILES string of the molecule is O=[p+]1oc2ccccc2c2ccc3c(c21)O3. The van der Waals surface area contributed by atoms with Crippen molar-refractivity contribution in [2.45, 2.75) is 0 Å². The van der Waals surface area contributed by atoms with Gasteiger partial charge >= 0.3 is 7.65 Å². The summed E-state index contributed by atoms with van der Waals surface area (Å²) in [5, 5.41) is 2.64. The van der Waals surface area contributed by atoms with Gasteiger partial charge < -0.3 is 4.74 Å². The van der Waals surface area contributed by atoms with Crippen LogP contribution in [0.25, 0.3) is 21.5 Å². The van der Waals surface area contributed by atoms with E-state index < -0.39 is 7.65 Å². The number of ether oxygens (including phenoxy) is 1. The fraction of sp³-hybridized carbons (Fsp3) is 0. The lowest BCUT2D eigenvalue weighted by atomic mass is 10.1. The molecule has 1 aromatic heterocycles. The molecule has 76 valence electrons. The molecule has 0 N–H and O–H groups in total. The first-order chi connectivity index (χ1) is 7.84. The van der Waals surface area contributed by atoms with Crippen LogP contribution in [0.1, 0.15) is 0 Å². The van der Waals surface area contributed by atoms with E-state index in [0.717, 1.165) is 22.3 Å². The molecule has 0 fully saturated rings. The first kappa shape index (κ1) is 8.31. The largest absolute Gasteiger partial charge is 0.602 e. The fourth-order valence-electron chi connectivity index (χ4n) is 2.02. The van der Waals surface area contributed by atoms with Crippen LogP contribution >= 0.6 is 7.65 Å². The van der Waals surface area contributed by atoms with Gasteiger partial charge in [0.25, 0.3) is 5.12 Å². The number of para-hydroxylation sites is 1. The molecule has 0 spiro atoms. The van der Waals surface area contributed by atoms with Gasteiger partial charge in [-0.1, -0.05) is 18.2 Å². The van der Waals surface area contributed by atoms with E-state index in [0.29, 0.717) is 10.7 Å². The molecule has 0 aliphatic carbocycles. The third-order valence-corrected chi connectivity index (χ3v) is 3.98. The summed E-state index contributed by atoms with van der Waals surface area (Å²) in [5.41, 5.74) is 0.678. The van der Waals surface area contributed by atoms with Crippen molar-refractivity contribution in [3.05, 3.63) is 36.4 Å². The molecule has 1 atom stereocenters. The van der Waals surface area contributed by atoms with E-state index in [1.807, 2.05) is 36.4 Å². The van der Waals surface area contributed by atoms with Crippen LogP contribution in [0, 0.1) is 0 Å². The number of fused-ring (bicyclic) bond motifs is 5. The lowest BCUT2D eigenvalue weighted by Gasteiger charge is -1.92. The van der Waals surface area contributed by atoms with E-state index in [1.165, 1.54) is 0 Å². The zero-order valence-electron chi connectivity index (χ0n) is 8.14. The maximum absolute atomic E-state index is 11.9. The molecule has 4 rings (SSSR count). The molecular formula is C12H6O3P+. The Labute approximate surface area is 91.1 Å². The second-order valence-corrected chi connectivity index (χ2v) is 4.88. The Bertz CT molecular complexity index is 804. The number of rotatable bonds is 0. The molecule has 0 bridgehead atoms. The van der Waals surface area contributed by atoms with Crippen molar-refractivity contribution in [3.8, 4) is 11.5 Å². The second-order valence-electron chi connectivity index (χ2n) is 3.74. The quantitative estimate of drug-likeness (QED) is 0.331. The Morgan fingerprint density at radius 2 is 1.88 bits per heavy atom. The van der Waals surface area contributed by atoms with Crippen molar-refractivity contribution in [2.24, 2.45) is 0 Å². The van der Waals surface area contributed by atoms with Gasteiger partial charge in [0.1, 0.15) is 0 Å². The second kappa shape index (κ2) is 2.63. The number of benzene rings is 2. The summed E-state index contributed by atoms with van der Waals surface area (Å²) in [6, 6.07) is 11.5. The summed E-state index contributed by atoms with van der Waals surface area (Å²) >= 11 is 0. The maximum Gasteiger partial charge on any atom is 0.602 e. The summed E-state index contributed by atoms with van der Waals surface area (Å²) in [7, 11) is -1.84. The molecular weight excluding hydrogens is 223 g/mol. The Balaban J connectivity index is 2.39. The highest BCUT2D eigenvalue weighted by atomic mass is 31.1. The van der Waals surface area contributed by atoms with E-state index in [4.69, 9.17) is 8.93 Å². The Kier molecular flexibility index (Phi) is 1.37. The van der Waals surface area contributed by atoms with Gasteiger partial charge in [0, 0.05) is 10.8 Å². The molecule has 0 radical (unpaired) electrons. The van der Waals surface area contributed by atoms with Crippen molar-refractivity contribution >= 4 is 29.1 Å². The lowest BCUT2D eigenvalue weighted by Crippen LogP contribution is -1.71. The summed E-state index contributed by atoms with van der Waals surface area (Å²) < 4.78 is 22.6. The van der Waals surface area contributed by atoms with Crippen LogP contribution in [-0.2, 0) is 4.57 Å². The minimum absolute atomic E-state index is 0.678. The molecule has 2 heterocycles. The minimum atomic E-state index is -1.84. The highest BCUT2D eigenvalue weighted by Crippen LogP contribution is 2.55. The van der Waals surface area contributed by atoms with Gasteiger partial charge in [-0.2, -0.15) is 0 Å². The molecule has 0 saturated heterocycles. The molecule has 4 heteroatoms. The highest BCUT2D eigenvalue weighted by molar-refractivity contribution is 7.37. The van der Waals surface area contributed by atoms with Crippen LogP contribution in [-0.4, -0.2) is 0 Å². The van der Waals surface area contributed by atoms with Gasteiger partial charge in [0.15, 0.2) is 11.3 Å². The van der Waals surface area contributed by atoms with Gasteiger partial charge in [-0.3, -0.25) is 0 Å². The van der Waals surface area contributed by atoms with Gasteiger partial charge in [0.2, 0.25) is 5.75 Å². The summed E-state index contributed by atoms with van der Waals surface area (Å²) in [4.78, 5) is 0. The van der Waals surface area contributed by atoms with Crippen molar-refractivity contribution in [3.63, 3.8) is 0 Å². The molecule has 3 aromatic rings. The van der Waals surface area contributed by atoms with Crippen molar-refractivity contribution in [2.75, 3.05) is 0 Å². The molecule has 1 aliphatic heterocycles. The van der Waals surface area contributed by atoms with Crippen LogP contribution in [0.4, 0.5) is 0 Å². The molecule has 0 amide bonds. The van der Waals surface area contributed by atoms with Gasteiger partial charge in [-0.15, -0.1) is 0 Å². The lowest BCUT2D eigenvalue weighted by molar-refractivity contribution is 0.563. The summed E-state index contributed by atoms with van der Waals surface area (Å²) in [6.07, 6.45) is 0. The van der Waals surface area contributed by atoms with Gasteiger partial charge in [0.05, 0.1) is 0 Å². The van der Waals surface area contributed by atoms with Crippen molar-refractivity contribution in [1.82, 2.24) is 0 Å². The Morgan fingerprint density at radius 1 is 1.00 bits per heavy atom. The molecule has 16 heavy (non-hydrogen) atoms. The Morgan fingerprint density at radius 3 is 2.81 bits per heavy atom.